The molecule has 1 heterocycles. The molecule has 1 amide bonds. The molecule has 3 N–H and O–H groups in total. The third-order valence-electron chi connectivity index (χ3n) is 7.00. The third-order valence-corrected chi connectivity index (χ3v) is 7.00. The Morgan fingerprint density at radius 3 is 2.12 bits per heavy atom. The van der Waals surface area contributed by atoms with Gasteiger partial charge in [0.25, 0.3) is 5.91 Å². The van der Waals surface area contributed by atoms with Crippen LogP contribution in [0.5, 0.6) is 5.75 Å². The second kappa shape index (κ2) is 15.5. The molecule has 2 atom stereocenters. The summed E-state index contributed by atoms with van der Waals surface area (Å²) in [5.41, 5.74) is 4.19. The van der Waals surface area contributed by atoms with E-state index in [0.29, 0.717) is 33.8 Å². The number of carboxylic acid groups (broad SMARTS) is 1. The average molecular weight is 613 g/mol. The molecular formula is C33H33CaFN2O6. The van der Waals surface area contributed by atoms with Gasteiger partial charge in [-0.25, -0.2) is 4.39 Å². The maximum Gasteiger partial charge on any atom is 2.00 e. The molecule has 0 aliphatic heterocycles. The Labute approximate surface area is 279 Å². The Balaban J connectivity index is 0.00000506. The summed E-state index contributed by atoms with van der Waals surface area (Å²) in [6.07, 6.45) is -2.91. The molecule has 220 valence electrons. The zero-order valence-electron chi connectivity index (χ0n) is 24.1. The standard InChI is InChI=1S/C33H35FN2O6.Ca/c1-20(2)31-30(33(42)35-24-12-14-25(37)15-13-24)29(21-6-4-3-5-7-21)32(22-8-10-23(34)11-9-22)36(31)17-16-26(38)18-27(39)19-28(40)41;/h3-15,20,26-27,37-39H,16-19H2,1-2H3,(H,35,42)(H,40,41);/q;+2/p-2/t26-,27+;/m1./s1. The van der Waals surface area contributed by atoms with Crippen LogP contribution in [0.1, 0.15) is 55.1 Å². The van der Waals surface area contributed by atoms with E-state index in [-0.39, 0.29) is 68.8 Å². The number of aliphatic hydroxyl groups excluding tert-OH is 2. The van der Waals surface area contributed by atoms with Gasteiger partial charge in [0, 0.05) is 35.9 Å². The molecule has 0 aliphatic carbocycles. The molecule has 0 bridgehead atoms. The first-order valence-corrected chi connectivity index (χ1v) is 13.8. The Morgan fingerprint density at radius 1 is 0.907 bits per heavy atom. The molecule has 3 aromatic carbocycles. The number of nitrogens with zero attached hydrogens (tertiary/aromatic N) is 1. The van der Waals surface area contributed by atoms with Gasteiger partial charge in [-0.2, -0.15) is 0 Å². The fourth-order valence-corrected chi connectivity index (χ4v) is 5.21. The van der Waals surface area contributed by atoms with Gasteiger partial charge < -0.3 is 35.1 Å². The zero-order chi connectivity index (χ0) is 30.4. The largest absolute Gasteiger partial charge is 2.00 e. The number of halogens is 1. The number of aliphatic carboxylic acids is 1. The van der Waals surface area contributed by atoms with E-state index in [1.54, 1.807) is 12.1 Å². The number of nitrogens with one attached hydrogen (secondary N) is 1. The van der Waals surface area contributed by atoms with E-state index in [2.05, 4.69) is 5.32 Å². The molecule has 1 aromatic heterocycles. The zero-order valence-corrected chi connectivity index (χ0v) is 26.3. The molecular weight excluding hydrogens is 579 g/mol. The van der Waals surface area contributed by atoms with E-state index < -0.39 is 36.3 Å². The Kier molecular flexibility index (Phi) is 12.4. The molecule has 0 radical (unpaired) electrons. The number of rotatable bonds is 12. The van der Waals surface area contributed by atoms with Crippen LogP contribution < -0.4 is 15.5 Å². The maximum absolute atomic E-state index is 14.0. The summed E-state index contributed by atoms with van der Waals surface area (Å²) < 4.78 is 15.9. The first-order chi connectivity index (χ1) is 20.0. The van der Waals surface area contributed by atoms with Crippen LogP contribution in [0.3, 0.4) is 0 Å². The minimum Gasteiger partial charge on any atom is -0.872 e. The van der Waals surface area contributed by atoms with Crippen LogP contribution >= 0.6 is 0 Å². The number of carbonyl (C=O) groups excluding carboxylic acids is 2. The second-order valence-electron chi connectivity index (χ2n) is 10.5. The fourth-order valence-electron chi connectivity index (χ4n) is 5.21. The predicted molar refractivity (Wildman–Crippen MR) is 160 cm³/mol. The summed E-state index contributed by atoms with van der Waals surface area (Å²) in [4.78, 5) is 24.9. The van der Waals surface area contributed by atoms with E-state index in [1.165, 1.54) is 36.4 Å². The first-order valence-electron chi connectivity index (χ1n) is 13.8. The number of amides is 1. The number of aromatic nitrogens is 1. The molecule has 0 saturated heterocycles. The topological polar surface area (TPSA) is 138 Å². The van der Waals surface area contributed by atoms with Gasteiger partial charge in [-0.3, -0.25) is 4.79 Å². The van der Waals surface area contributed by atoms with Crippen molar-refractivity contribution in [2.24, 2.45) is 0 Å². The van der Waals surface area contributed by atoms with Gasteiger partial charge >= 0.3 is 37.7 Å². The second-order valence-corrected chi connectivity index (χ2v) is 10.5. The van der Waals surface area contributed by atoms with Gasteiger partial charge in [-0.1, -0.05) is 56.3 Å². The van der Waals surface area contributed by atoms with E-state index >= 15 is 0 Å². The monoisotopic (exact) mass is 612 g/mol. The van der Waals surface area contributed by atoms with Crippen molar-refractivity contribution in [1.29, 1.82) is 0 Å². The minimum atomic E-state index is -1.41. The van der Waals surface area contributed by atoms with Crippen LogP contribution in [0.15, 0.2) is 78.9 Å². The summed E-state index contributed by atoms with van der Waals surface area (Å²) in [6.45, 7) is 4.10. The van der Waals surface area contributed by atoms with Gasteiger partial charge in [0.15, 0.2) is 0 Å². The van der Waals surface area contributed by atoms with Gasteiger partial charge in [-0.05, 0) is 66.3 Å². The minimum absolute atomic E-state index is 0. The maximum atomic E-state index is 14.0. The molecule has 0 unspecified atom stereocenters. The smallest absolute Gasteiger partial charge is 0.872 e. The third kappa shape index (κ3) is 8.68. The SMILES string of the molecule is CC(C)c1c(C(=O)Nc2ccc([O-])cc2)c(-c2ccccc2)c(-c2ccc(F)cc2)n1CC[C@@H](O)C[C@H](O)CC(=O)[O-].[Ca+2]. The van der Waals surface area contributed by atoms with Crippen molar-refractivity contribution in [1.82, 2.24) is 4.57 Å². The van der Waals surface area contributed by atoms with E-state index in [9.17, 15) is 34.4 Å². The van der Waals surface area contributed by atoms with Crippen LogP contribution in [0, 0.1) is 5.82 Å². The Morgan fingerprint density at radius 2 is 1.53 bits per heavy atom. The van der Waals surface area contributed by atoms with Gasteiger partial charge in [-0.15, -0.1) is 5.75 Å². The quantitative estimate of drug-likeness (QED) is 0.209. The molecule has 4 rings (SSSR count). The van der Waals surface area contributed by atoms with Gasteiger partial charge in [0.2, 0.25) is 0 Å². The number of carbonyl (C=O) groups is 2. The van der Waals surface area contributed by atoms with E-state index in [4.69, 9.17) is 0 Å². The predicted octanol–water partition coefficient (Wildman–Crippen LogP) is 3.67. The number of hydrogen-bond acceptors (Lipinski definition) is 6. The number of aliphatic hydroxyl groups is 2. The van der Waals surface area contributed by atoms with Gasteiger partial charge in [0.05, 0.1) is 23.5 Å². The molecule has 0 saturated carbocycles. The van der Waals surface area contributed by atoms with Crippen molar-refractivity contribution in [3.05, 3.63) is 95.9 Å². The summed E-state index contributed by atoms with van der Waals surface area (Å²) >= 11 is 0. The van der Waals surface area contributed by atoms with Crippen molar-refractivity contribution >= 4 is 55.3 Å². The normalized spacial score (nSPS) is 12.4. The van der Waals surface area contributed by atoms with Crippen molar-refractivity contribution in [3.8, 4) is 28.1 Å². The summed E-state index contributed by atoms with van der Waals surface area (Å²) in [5, 5.41) is 46.1. The molecule has 0 fully saturated rings. The van der Waals surface area contributed by atoms with Gasteiger partial charge in [0.1, 0.15) is 5.82 Å². The molecule has 8 nitrogen and oxygen atoms in total. The number of carboxylic acids is 1. The van der Waals surface area contributed by atoms with Crippen LogP contribution in [0.25, 0.3) is 22.4 Å². The van der Waals surface area contributed by atoms with E-state index in [0.717, 1.165) is 5.56 Å². The molecule has 0 aliphatic rings. The van der Waals surface area contributed by atoms with Crippen molar-refractivity contribution in [2.45, 2.75) is 57.8 Å². The number of anilines is 1. The summed E-state index contributed by atoms with van der Waals surface area (Å²) in [6, 6.07) is 21.1. The molecule has 43 heavy (non-hydrogen) atoms. The van der Waals surface area contributed by atoms with Crippen molar-refractivity contribution in [3.63, 3.8) is 0 Å². The Bertz CT molecular complexity index is 1520. The number of benzene rings is 3. The van der Waals surface area contributed by atoms with Crippen LogP contribution in [-0.2, 0) is 11.3 Å². The first kappa shape index (κ1) is 34.3. The number of hydrogen-bond donors (Lipinski definition) is 3. The summed E-state index contributed by atoms with van der Waals surface area (Å²) in [5.74, 6) is -2.59. The average Bonchev–Trinajstić information content (AvgIpc) is 3.29. The van der Waals surface area contributed by atoms with Crippen molar-refractivity contribution < 1.29 is 34.4 Å². The van der Waals surface area contributed by atoms with E-state index in [1.807, 2.05) is 48.7 Å². The molecule has 10 heteroatoms. The Hall–Kier alpha value is -3.21. The summed E-state index contributed by atoms with van der Waals surface area (Å²) in [7, 11) is 0. The van der Waals surface area contributed by atoms with Crippen molar-refractivity contribution in [2.75, 3.05) is 5.32 Å². The van der Waals surface area contributed by atoms with Crippen LogP contribution in [0.2, 0.25) is 0 Å². The molecule has 0 spiro atoms. The fraction of sp³-hybridized carbons (Fsp3) is 0.273. The van der Waals surface area contributed by atoms with Crippen LogP contribution in [-0.4, -0.2) is 76.6 Å². The molecule has 4 aromatic rings. The van der Waals surface area contributed by atoms with Crippen LogP contribution in [0.4, 0.5) is 10.1 Å².